The highest BCUT2D eigenvalue weighted by atomic mass is 79.9. The molecule has 0 saturated heterocycles. The van der Waals surface area contributed by atoms with Crippen LogP contribution in [0.2, 0.25) is 0 Å². The van der Waals surface area contributed by atoms with Crippen molar-refractivity contribution in [3.05, 3.63) is 34.1 Å². The van der Waals surface area contributed by atoms with Gasteiger partial charge in [-0.2, -0.15) is 0 Å². The Morgan fingerprint density at radius 2 is 2.11 bits per heavy atom. The van der Waals surface area contributed by atoms with Crippen LogP contribution >= 0.6 is 15.9 Å². The normalized spacial score (nSPS) is 19.6. The third-order valence-corrected chi connectivity index (χ3v) is 5.18. The molecule has 1 fully saturated rings. The molecule has 1 saturated carbocycles. The first-order chi connectivity index (χ1) is 9.13. The first-order valence-electron chi connectivity index (χ1n) is 6.78. The fraction of sp³-hybridized carbons (Fsp3) is 0.600. The first-order valence-corrected chi connectivity index (χ1v) is 7.57. The van der Waals surface area contributed by atoms with Gasteiger partial charge in [0.25, 0.3) is 0 Å². The van der Waals surface area contributed by atoms with Gasteiger partial charge in [0.2, 0.25) is 0 Å². The number of ether oxygens (including phenoxy) is 1. The predicted octanol–water partition coefficient (Wildman–Crippen LogP) is 3.68. The lowest BCUT2D eigenvalue weighted by Gasteiger charge is -2.36. The SMILES string of the molecule is CNC(Cc1cccc(F)c1Br)C1(OC)CCCC1. The summed E-state index contributed by atoms with van der Waals surface area (Å²) < 4.78 is 20.0. The minimum absolute atomic E-state index is 0.111. The van der Waals surface area contributed by atoms with Gasteiger partial charge in [-0.15, -0.1) is 0 Å². The maximum Gasteiger partial charge on any atom is 0.137 e. The maximum atomic E-state index is 13.6. The second kappa shape index (κ2) is 6.33. The van der Waals surface area contributed by atoms with Gasteiger partial charge in [-0.25, -0.2) is 4.39 Å². The fourth-order valence-electron chi connectivity index (χ4n) is 3.15. The Kier molecular flexibility index (Phi) is 4.98. The molecule has 0 amide bonds. The van der Waals surface area contributed by atoms with Crippen molar-refractivity contribution >= 4 is 15.9 Å². The molecular weight excluding hydrogens is 309 g/mol. The molecule has 0 aromatic heterocycles. The van der Waals surface area contributed by atoms with Crippen molar-refractivity contribution in [1.29, 1.82) is 0 Å². The van der Waals surface area contributed by atoms with Gasteiger partial charge in [-0.05, 0) is 53.9 Å². The second-order valence-corrected chi connectivity index (χ2v) is 6.03. The molecule has 1 atom stereocenters. The first kappa shape index (κ1) is 14.9. The molecule has 1 N–H and O–H groups in total. The second-order valence-electron chi connectivity index (χ2n) is 5.23. The van der Waals surface area contributed by atoms with Crippen molar-refractivity contribution in [3.63, 3.8) is 0 Å². The van der Waals surface area contributed by atoms with Crippen LogP contribution in [-0.4, -0.2) is 25.8 Å². The van der Waals surface area contributed by atoms with Crippen molar-refractivity contribution in [1.82, 2.24) is 5.32 Å². The number of rotatable bonds is 5. The summed E-state index contributed by atoms with van der Waals surface area (Å²) in [6.07, 6.45) is 5.32. The Hall–Kier alpha value is -0.450. The van der Waals surface area contributed by atoms with E-state index in [9.17, 15) is 4.39 Å². The van der Waals surface area contributed by atoms with Gasteiger partial charge in [0.15, 0.2) is 0 Å². The quantitative estimate of drug-likeness (QED) is 0.889. The molecule has 0 heterocycles. The largest absolute Gasteiger partial charge is 0.377 e. The molecule has 0 radical (unpaired) electrons. The van der Waals surface area contributed by atoms with Gasteiger partial charge >= 0.3 is 0 Å². The highest BCUT2D eigenvalue weighted by Gasteiger charge is 2.41. The van der Waals surface area contributed by atoms with Crippen LogP contribution in [0.15, 0.2) is 22.7 Å². The van der Waals surface area contributed by atoms with E-state index in [-0.39, 0.29) is 17.5 Å². The van der Waals surface area contributed by atoms with E-state index < -0.39 is 0 Å². The van der Waals surface area contributed by atoms with Crippen LogP contribution < -0.4 is 5.32 Å². The summed E-state index contributed by atoms with van der Waals surface area (Å²) in [6, 6.07) is 5.41. The van der Waals surface area contributed by atoms with Crippen LogP contribution in [0, 0.1) is 5.82 Å². The molecule has 1 aromatic carbocycles. The van der Waals surface area contributed by atoms with Crippen LogP contribution in [0.3, 0.4) is 0 Å². The Morgan fingerprint density at radius 1 is 1.42 bits per heavy atom. The van der Waals surface area contributed by atoms with Crippen molar-refractivity contribution in [2.24, 2.45) is 0 Å². The zero-order chi connectivity index (χ0) is 13.9. The lowest BCUT2D eigenvalue weighted by atomic mass is 9.87. The van der Waals surface area contributed by atoms with E-state index in [0.717, 1.165) is 24.8 Å². The number of likely N-dealkylation sites (N-methyl/N-ethyl adjacent to an activating group) is 1. The summed E-state index contributed by atoms with van der Waals surface area (Å²) in [6.45, 7) is 0. The van der Waals surface area contributed by atoms with Crippen molar-refractivity contribution in [2.45, 2.75) is 43.7 Å². The Labute approximate surface area is 122 Å². The van der Waals surface area contributed by atoms with E-state index in [1.807, 2.05) is 13.1 Å². The topological polar surface area (TPSA) is 21.3 Å². The van der Waals surface area contributed by atoms with Crippen LogP contribution in [0.5, 0.6) is 0 Å². The third kappa shape index (κ3) is 3.01. The van der Waals surface area contributed by atoms with E-state index in [0.29, 0.717) is 4.47 Å². The van der Waals surface area contributed by atoms with Crippen LogP contribution in [0.25, 0.3) is 0 Å². The molecule has 1 aromatic rings. The van der Waals surface area contributed by atoms with E-state index in [4.69, 9.17) is 4.74 Å². The molecule has 1 unspecified atom stereocenters. The summed E-state index contributed by atoms with van der Waals surface area (Å²) in [5, 5.41) is 3.36. The highest BCUT2D eigenvalue weighted by Crippen LogP contribution is 2.37. The van der Waals surface area contributed by atoms with Gasteiger partial charge in [0, 0.05) is 13.2 Å². The van der Waals surface area contributed by atoms with Crippen LogP contribution in [-0.2, 0) is 11.2 Å². The third-order valence-electron chi connectivity index (χ3n) is 4.30. The number of nitrogens with one attached hydrogen (secondary N) is 1. The summed E-state index contributed by atoms with van der Waals surface area (Å²) in [5.74, 6) is -0.203. The Balaban J connectivity index is 2.21. The minimum Gasteiger partial charge on any atom is -0.377 e. The van der Waals surface area contributed by atoms with Crippen molar-refractivity contribution in [2.75, 3.05) is 14.2 Å². The molecule has 1 aliphatic carbocycles. The summed E-state index contributed by atoms with van der Waals surface area (Å²) in [5.41, 5.74) is 0.878. The van der Waals surface area contributed by atoms with Gasteiger partial charge in [0.1, 0.15) is 5.82 Å². The standard InChI is InChI=1S/C15H21BrFNO/c1-18-13(15(19-2)8-3-4-9-15)10-11-6-5-7-12(17)14(11)16/h5-7,13,18H,3-4,8-10H2,1-2H3. The maximum absolute atomic E-state index is 13.6. The number of methoxy groups -OCH3 is 1. The zero-order valence-corrected chi connectivity index (χ0v) is 13.1. The predicted molar refractivity (Wildman–Crippen MR) is 78.9 cm³/mol. The molecule has 0 aliphatic heterocycles. The smallest absolute Gasteiger partial charge is 0.137 e. The van der Waals surface area contributed by atoms with E-state index in [1.54, 1.807) is 13.2 Å². The fourth-order valence-corrected chi connectivity index (χ4v) is 3.57. The van der Waals surface area contributed by atoms with Crippen LogP contribution in [0.1, 0.15) is 31.2 Å². The molecule has 0 spiro atoms. The van der Waals surface area contributed by atoms with Gasteiger partial charge in [0.05, 0.1) is 10.1 Å². The molecule has 106 valence electrons. The van der Waals surface area contributed by atoms with E-state index in [1.165, 1.54) is 18.9 Å². The van der Waals surface area contributed by atoms with Gasteiger partial charge in [-0.3, -0.25) is 0 Å². The van der Waals surface area contributed by atoms with E-state index in [2.05, 4.69) is 21.2 Å². The van der Waals surface area contributed by atoms with Gasteiger partial charge < -0.3 is 10.1 Å². The van der Waals surface area contributed by atoms with Crippen LogP contribution in [0.4, 0.5) is 4.39 Å². The Morgan fingerprint density at radius 3 is 2.68 bits per heavy atom. The summed E-state index contributed by atoms with van der Waals surface area (Å²) in [7, 11) is 3.74. The molecule has 2 rings (SSSR count). The minimum atomic E-state index is -0.203. The van der Waals surface area contributed by atoms with Crippen molar-refractivity contribution < 1.29 is 9.13 Å². The number of benzene rings is 1. The molecule has 19 heavy (non-hydrogen) atoms. The molecule has 2 nitrogen and oxygen atoms in total. The monoisotopic (exact) mass is 329 g/mol. The molecule has 4 heteroatoms. The summed E-state index contributed by atoms with van der Waals surface area (Å²) >= 11 is 3.34. The molecule has 0 bridgehead atoms. The van der Waals surface area contributed by atoms with Gasteiger partial charge in [-0.1, -0.05) is 25.0 Å². The van der Waals surface area contributed by atoms with E-state index >= 15 is 0 Å². The number of halogens is 2. The lowest BCUT2D eigenvalue weighted by molar-refractivity contribution is -0.0337. The molecule has 1 aliphatic rings. The lowest BCUT2D eigenvalue weighted by Crippen LogP contribution is -2.50. The average Bonchev–Trinajstić information content (AvgIpc) is 2.90. The highest BCUT2D eigenvalue weighted by molar-refractivity contribution is 9.10. The summed E-state index contributed by atoms with van der Waals surface area (Å²) in [4.78, 5) is 0. The van der Waals surface area contributed by atoms with Crippen molar-refractivity contribution in [3.8, 4) is 0 Å². The number of hydrogen-bond donors (Lipinski definition) is 1. The average molecular weight is 330 g/mol. The molecular formula is C15H21BrFNO. The zero-order valence-electron chi connectivity index (χ0n) is 11.5. The number of hydrogen-bond acceptors (Lipinski definition) is 2. The Bertz CT molecular complexity index is 432.